The van der Waals surface area contributed by atoms with Crippen LogP contribution in [0.25, 0.3) is 0 Å². The highest BCUT2D eigenvalue weighted by atomic mass is 15.2. The molecule has 1 aromatic rings. The zero-order valence-corrected chi connectivity index (χ0v) is 11.2. The van der Waals surface area contributed by atoms with E-state index in [0.29, 0.717) is 0 Å². The Balaban J connectivity index is 1.71. The summed E-state index contributed by atoms with van der Waals surface area (Å²) in [6.07, 6.45) is 7.38. The van der Waals surface area contributed by atoms with Crippen LogP contribution in [0, 0.1) is 12.8 Å². The highest BCUT2D eigenvalue weighted by Gasteiger charge is 2.31. The van der Waals surface area contributed by atoms with Crippen molar-refractivity contribution in [3.63, 3.8) is 0 Å². The summed E-state index contributed by atoms with van der Waals surface area (Å²) in [4.78, 5) is 6.93. The summed E-state index contributed by atoms with van der Waals surface area (Å²) >= 11 is 0. The Morgan fingerprint density at radius 2 is 2.28 bits per heavy atom. The van der Waals surface area contributed by atoms with Gasteiger partial charge in [-0.1, -0.05) is 0 Å². The van der Waals surface area contributed by atoms with Crippen molar-refractivity contribution in [2.45, 2.75) is 38.6 Å². The van der Waals surface area contributed by atoms with Crippen molar-refractivity contribution in [1.29, 1.82) is 0 Å². The third-order valence-corrected chi connectivity index (χ3v) is 4.05. The van der Waals surface area contributed by atoms with Gasteiger partial charge in [-0.25, -0.2) is 0 Å². The molecule has 0 radical (unpaired) electrons. The van der Waals surface area contributed by atoms with Crippen LogP contribution in [-0.4, -0.2) is 30.7 Å². The van der Waals surface area contributed by atoms with E-state index in [9.17, 15) is 0 Å². The number of aromatic nitrogens is 1. The first-order chi connectivity index (χ1) is 8.83. The molecule has 1 aliphatic carbocycles. The molecule has 1 N–H and O–H groups in total. The highest BCUT2D eigenvalue weighted by molar-refractivity contribution is 5.48. The fraction of sp³-hybridized carbons (Fsp3) is 0.667. The van der Waals surface area contributed by atoms with Gasteiger partial charge in [0.05, 0.1) is 0 Å². The van der Waals surface area contributed by atoms with Crippen molar-refractivity contribution in [1.82, 2.24) is 10.3 Å². The van der Waals surface area contributed by atoms with E-state index in [2.05, 4.69) is 34.3 Å². The summed E-state index contributed by atoms with van der Waals surface area (Å²) in [5.41, 5.74) is 2.50. The molecule has 2 aliphatic rings. The number of anilines is 1. The van der Waals surface area contributed by atoms with Crippen LogP contribution in [0.2, 0.25) is 0 Å². The van der Waals surface area contributed by atoms with E-state index in [1.165, 1.54) is 51.0 Å². The molecule has 2 heterocycles. The Kier molecular flexibility index (Phi) is 3.50. The second kappa shape index (κ2) is 5.27. The Labute approximate surface area is 110 Å². The molecule has 1 saturated heterocycles. The third-order valence-electron chi connectivity index (χ3n) is 4.05. The van der Waals surface area contributed by atoms with Crippen LogP contribution in [0.4, 0.5) is 5.69 Å². The smallest absolute Gasteiger partial charge is 0.0402 e. The van der Waals surface area contributed by atoms with Crippen molar-refractivity contribution in [2.75, 3.05) is 24.5 Å². The summed E-state index contributed by atoms with van der Waals surface area (Å²) in [5.74, 6) is 0.813. The number of hydrogen-bond acceptors (Lipinski definition) is 3. The summed E-state index contributed by atoms with van der Waals surface area (Å²) in [5, 5.41) is 3.52. The third kappa shape index (κ3) is 2.83. The summed E-state index contributed by atoms with van der Waals surface area (Å²) in [7, 11) is 0. The fourth-order valence-corrected chi connectivity index (χ4v) is 2.92. The Morgan fingerprint density at radius 1 is 1.39 bits per heavy atom. The Morgan fingerprint density at radius 3 is 2.94 bits per heavy atom. The number of nitrogens with zero attached hydrogens (tertiary/aromatic N) is 2. The van der Waals surface area contributed by atoms with Gasteiger partial charge in [0.25, 0.3) is 0 Å². The van der Waals surface area contributed by atoms with Crippen molar-refractivity contribution in [3.8, 4) is 0 Å². The average Bonchev–Trinajstić information content (AvgIpc) is 3.21. The molecule has 3 nitrogen and oxygen atoms in total. The van der Waals surface area contributed by atoms with Crippen LogP contribution in [0.3, 0.4) is 0 Å². The first-order valence-electron chi connectivity index (χ1n) is 7.23. The number of piperidine rings is 1. The van der Waals surface area contributed by atoms with Gasteiger partial charge in [0.15, 0.2) is 0 Å². The first-order valence-corrected chi connectivity index (χ1v) is 7.23. The molecule has 0 amide bonds. The molecule has 3 heteroatoms. The highest BCUT2D eigenvalue weighted by Crippen LogP contribution is 2.33. The number of aryl methyl sites for hydroxylation is 1. The van der Waals surface area contributed by atoms with Crippen molar-refractivity contribution < 1.29 is 0 Å². The molecule has 0 bridgehead atoms. The lowest BCUT2D eigenvalue weighted by molar-refractivity contribution is 0.376. The van der Waals surface area contributed by atoms with Gasteiger partial charge in [0.2, 0.25) is 0 Å². The van der Waals surface area contributed by atoms with Gasteiger partial charge in [-0.3, -0.25) is 4.98 Å². The lowest BCUT2D eigenvalue weighted by Gasteiger charge is -2.32. The van der Waals surface area contributed by atoms with E-state index in [1.807, 2.05) is 6.20 Å². The van der Waals surface area contributed by atoms with Crippen molar-refractivity contribution in [3.05, 3.63) is 24.0 Å². The number of nitrogens with one attached hydrogen (secondary N) is 1. The average molecular weight is 245 g/mol. The molecule has 0 spiro atoms. The van der Waals surface area contributed by atoms with Gasteiger partial charge in [0, 0.05) is 30.2 Å². The molecule has 1 atom stereocenters. The number of rotatable bonds is 4. The molecule has 2 fully saturated rings. The molecule has 98 valence electrons. The van der Waals surface area contributed by atoms with Crippen LogP contribution in [0.1, 0.15) is 31.4 Å². The first kappa shape index (κ1) is 12.0. The van der Waals surface area contributed by atoms with E-state index in [-0.39, 0.29) is 0 Å². The van der Waals surface area contributed by atoms with Crippen LogP contribution < -0.4 is 10.2 Å². The molecular formula is C15H23N3. The number of hydrogen-bond donors (Lipinski definition) is 1. The topological polar surface area (TPSA) is 28.2 Å². The molecule has 1 unspecified atom stereocenters. The summed E-state index contributed by atoms with van der Waals surface area (Å²) in [6.45, 7) is 5.68. The zero-order valence-electron chi connectivity index (χ0n) is 11.2. The van der Waals surface area contributed by atoms with Gasteiger partial charge >= 0.3 is 0 Å². The minimum absolute atomic E-state index is 0.786. The van der Waals surface area contributed by atoms with E-state index in [0.717, 1.165) is 17.7 Å². The molecule has 18 heavy (non-hydrogen) atoms. The van der Waals surface area contributed by atoms with E-state index < -0.39 is 0 Å². The van der Waals surface area contributed by atoms with Gasteiger partial charge < -0.3 is 10.2 Å². The summed E-state index contributed by atoms with van der Waals surface area (Å²) in [6, 6.07) is 5.18. The Hall–Kier alpha value is -1.09. The number of pyridine rings is 1. The second-order valence-electron chi connectivity index (χ2n) is 5.75. The van der Waals surface area contributed by atoms with Gasteiger partial charge in [-0.2, -0.15) is 0 Å². The van der Waals surface area contributed by atoms with Crippen LogP contribution in [0.15, 0.2) is 18.3 Å². The molecule has 1 saturated carbocycles. The summed E-state index contributed by atoms with van der Waals surface area (Å²) < 4.78 is 0. The lowest BCUT2D eigenvalue weighted by Crippen LogP contribution is -2.39. The van der Waals surface area contributed by atoms with E-state index in [4.69, 9.17) is 0 Å². The quantitative estimate of drug-likeness (QED) is 0.882. The van der Waals surface area contributed by atoms with Crippen molar-refractivity contribution >= 4 is 5.69 Å². The molecular weight excluding hydrogens is 222 g/mol. The van der Waals surface area contributed by atoms with Crippen LogP contribution in [0.5, 0.6) is 0 Å². The molecule has 0 aromatic carbocycles. The van der Waals surface area contributed by atoms with E-state index >= 15 is 0 Å². The van der Waals surface area contributed by atoms with Gasteiger partial charge in [-0.05, 0) is 63.7 Å². The minimum atomic E-state index is 0.786. The Bertz CT molecular complexity index is 394. The standard InChI is InChI=1S/C15H23N3/c1-12-9-15(6-8-17-12)18(14-4-5-14)11-13-3-2-7-16-10-13/h6,8-9,13-14,16H,2-5,7,10-11H2,1H3. The van der Waals surface area contributed by atoms with Gasteiger partial charge in [0.1, 0.15) is 0 Å². The van der Waals surface area contributed by atoms with Crippen molar-refractivity contribution in [2.24, 2.45) is 5.92 Å². The molecule has 1 aromatic heterocycles. The maximum Gasteiger partial charge on any atom is 0.0402 e. The zero-order chi connectivity index (χ0) is 12.4. The largest absolute Gasteiger partial charge is 0.368 e. The SMILES string of the molecule is Cc1cc(N(CC2CCCNC2)C2CC2)ccn1. The fourth-order valence-electron chi connectivity index (χ4n) is 2.92. The van der Waals surface area contributed by atoms with E-state index in [1.54, 1.807) is 0 Å². The second-order valence-corrected chi connectivity index (χ2v) is 5.75. The normalized spacial score (nSPS) is 23.9. The van der Waals surface area contributed by atoms with Crippen LogP contribution >= 0.6 is 0 Å². The monoisotopic (exact) mass is 245 g/mol. The maximum absolute atomic E-state index is 4.31. The van der Waals surface area contributed by atoms with Gasteiger partial charge in [-0.15, -0.1) is 0 Å². The predicted octanol–water partition coefficient (Wildman–Crippen LogP) is 2.36. The van der Waals surface area contributed by atoms with Crippen LogP contribution in [-0.2, 0) is 0 Å². The molecule has 1 aliphatic heterocycles. The predicted molar refractivity (Wildman–Crippen MR) is 74.9 cm³/mol. The minimum Gasteiger partial charge on any atom is -0.368 e. The maximum atomic E-state index is 4.31. The molecule has 3 rings (SSSR count). The lowest BCUT2D eigenvalue weighted by atomic mass is 9.98.